The third-order valence-corrected chi connectivity index (χ3v) is 4.75. The quantitative estimate of drug-likeness (QED) is 0.850. The Morgan fingerprint density at radius 3 is 2.50 bits per heavy atom. The average Bonchev–Trinajstić information content (AvgIpc) is 2.69. The minimum Gasteiger partial charge on any atom is -0.397 e. The maximum Gasteiger partial charge on any atom is 0.0603 e. The van der Waals surface area contributed by atoms with Crippen molar-refractivity contribution < 1.29 is 0 Å². The van der Waals surface area contributed by atoms with E-state index in [0.717, 1.165) is 22.4 Å². The molecule has 2 N–H and O–H groups in total. The summed E-state index contributed by atoms with van der Waals surface area (Å²) in [5.41, 5.74) is 10.6. The summed E-state index contributed by atoms with van der Waals surface area (Å²) in [4.78, 5) is 3.52. The standard InChI is InChI=1S/C14H17BrN2S/c1-9-4-13(16)14(5-10(9)2)17(3)7-12-6-11(15)8-18-12/h4-6,8H,7,16H2,1-3H3. The molecule has 1 heterocycles. The van der Waals surface area contributed by atoms with Gasteiger partial charge in [-0.15, -0.1) is 11.3 Å². The molecular weight excluding hydrogens is 308 g/mol. The van der Waals surface area contributed by atoms with Crippen LogP contribution in [-0.4, -0.2) is 7.05 Å². The van der Waals surface area contributed by atoms with Crippen LogP contribution in [0.4, 0.5) is 11.4 Å². The fourth-order valence-corrected chi connectivity index (χ4v) is 3.41. The monoisotopic (exact) mass is 324 g/mol. The minimum atomic E-state index is 0.844. The number of aryl methyl sites for hydroxylation is 2. The number of rotatable bonds is 3. The first-order chi connectivity index (χ1) is 8.47. The van der Waals surface area contributed by atoms with E-state index in [1.165, 1.54) is 16.0 Å². The van der Waals surface area contributed by atoms with Crippen molar-refractivity contribution in [3.63, 3.8) is 0 Å². The Morgan fingerprint density at radius 1 is 1.22 bits per heavy atom. The molecule has 0 saturated heterocycles. The molecule has 0 amide bonds. The van der Waals surface area contributed by atoms with Crippen LogP contribution in [0.5, 0.6) is 0 Å². The zero-order chi connectivity index (χ0) is 13.3. The average molecular weight is 325 g/mol. The molecule has 4 heteroatoms. The Bertz CT molecular complexity index is 563. The minimum absolute atomic E-state index is 0.844. The molecule has 18 heavy (non-hydrogen) atoms. The number of anilines is 2. The van der Waals surface area contributed by atoms with Crippen LogP contribution in [0, 0.1) is 13.8 Å². The highest BCUT2D eigenvalue weighted by molar-refractivity contribution is 9.10. The van der Waals surface area contributed by atoms with Crippen molar-refractivity contribution in [3.8, 4) is 0 Å². The molecule has 2 rings (SSSR count). The fraction of sp³-hybridized carbons (Fsp3) is 0.286. The van der Waals surface area contributed by atoms with E-state index in [2.05, 4.69) is 59.2 Å². The lowest BCUT2D eigenvalue weighted by molar-refractivity contribution is 0.940. The van der Waals surface area contributed by atoms with Crippen molar-refractivity contribution in [3.05, 3.63) is 44.1 Å². The molecule has 0 aliphatic carbocycles. The van der Waals surface area contributed by atoms with E-state index in [1.54, 1.807) is 11.3 Å². The summed E-state index contributed by atoms with van der Waals surface area (Å²) in [7, 11) is 2.08. The van der Waals surface area contributed by atoms with Gasteiger partial charge in [0, 0.05) is 21.8 Å². The number of nitrogens with two attached hydrogens (primary N) is 1. The highest BCUT2D eigenvalue weighted by Gasteiger charge is 2.09. The van der Waals surface area contributed by atoms with Gasteiger partial charge in [-0.1, -0.05) is 0 Å². The fourth-order valence-electron chi connectivity index (χ4n) is 1.91. The van der Waals surface area contributed by atoms with Crippen molar-refractivity contribution in [2.24, 2.45) is 0 Å². The lowest BCUT2D eigenvalue weighted by atomic mass is 10.1. The van der Waals surface area contributed by atoms with Gasteiger partial charge in [0.25, 0.3) is 0 Å². The largest absolute Gasteiger partial charge is 0.397 e. The van der Waals surface area contributed by atoms with Crippen LogP contribution in [-0.2, 0) is 6.54 Å². The van der Waals surface area contributed by atoms with Gasteiger partial charge < -0.3 is 10.6 Å². The maximum atomic E-state index is 6.10. The maximum absolute atomic E-state index is 6.10. The molecule has 0 spiro atoms. The number of nitrogen functional groups attached to an aromatic ring is 1. The zero-order valence-electron chi connectivity index (χ0n) is 10.8. The van der Waals surface area contributed by atoms with E-state index in [9.17, 15) is 0 Å². The van der Waals surface area contributed by atoms with Gasteiger partial charge in [-0.3, -0.25) is 0 Å². The lowest BCUT2D eigenvalue weighted by Crippen LogP contribution is -2.17. The van der Waals surface area contributed by atoms with Crippen LogP contribution in [0.15, 0.2) is 28.1 Å². The van der Waals surface area contributed by atoms with Gasteiger partial charge in [0.05, 0.1) is 17.9 Å². The smallest absolute Gasteiger partial charge is 0.0603 e. The first-order valence-electron chi connectivity index (χ1n) is 5.78. The number of hydrogen-bond acceptors (Lipinski definition) is 3. The zero-order valence-corrected chi connectivity index (χ0v) is 13.2. The number of thiophene rings is 1. The van der Waals surface area contributed by atoms with Gasteiger partial charge >= 0.3 is 0 Å². The Morgan fingerprint density at radius 2 is 1.89 bits per heavy atom. The summed E-state index contributed by atoms with van der Waals surface area (Å²) < 4.78 is 1.14. The molecule has 1 aromatic heterocycles. The number of nitrogens with zero attached hydrogens (tertiary/aromatic N) is 1. The van der Waals surface area contributed by atoms with E-state index >= 15 is 0 Å². The lowest BCUT2D eigenvalue weighted by Gasteiger charge is -2.21. The first-order valence-corrected chi connectivity index (χ1v) is 7.45. The third kappa shape index (κ3) is 2.87. The molecule has 0 unspecified atom stereocenters. The van der Waals surface area contributed by atoms with Crippen molar-refractivity contribution in [2.45, 2.75) is 20.4 Å². The summed E-state index contributed by atoms with van der Waals surface area (Å²) in [5, 5.41) is 2.10. The van der Waals surface area contributed by atoms with Gasteiger partial charge in [-0.25, -0.2) is 0 Å². The van der Waals surface area contributed by atoms with Crippen molar-refractivity contribution in [1.82, 2.24) is 0 Å². The molecule has 1 aromatic carbocycles. The molecule has 0 atom stereocenters. The molecule has 0 fully saturated rings. The Kier molecular flexibility index (Phi) is 3.97. The summed E-state index contributed by atoms with van der Waals surface area (Å²) >= 11 is 5.24. The van der Waals surface area contributed by atoms with Gasteiger partial charge in [0.2, 0.25) is 0 Å². The van der Waals surface area contributed by atoms with Crippen molar-refractivity contribution >= 4 is 38.6 Å². The number of benzene rings is 1. The summed E-state index contributed by atoms with van der Waals surface area (Å²) in [6.07, 6.45) is 0. The molecule has 2 aromatic rings. The molecule has 0 bridgehead atoms. The number of hydrogen-bond donors (Lipinski definition) is 1. The molecule has 96 valence electrons. The van der Waals surface area contributed by atoms with E-state index in [-0.39, 0.29) is 0 Å². The molecule has 0 aliphatic rings. The van der Waals surface area contributed by atoms with Gasteiger partial charge in [0.1, 0.15) is 0 Å². The Balaban J connectivity index is 2.23. The third-order valence-electron chi connectivity index (χ3n) is 3.07. The van der Waals surface area contributed by atoms with E-state index in [4.69, 9.17) is 5.73 Å². The first kappa shape index (κ1) is 13.4. The van der Waals surface area contributed by atoms with Gasteiger partial charge in [0.15, 0.2) is 0 Å². The predicted molar refractivity (Wildman–Crippen MR) is 84.5 cm³/mol. The highest BCUT2D eigenvalue weighted by Crippen LogP contribution is 2.29. The predicted octanol–water partition coefficient (Wildman–Crippen LogP) is 4.35. The second-order valence-corrected chi connectivity index (χ2v) is 6.49. The van der Waals surface area contributed by atoms with Crippen LogP contribution < -0.4 is 10.6 Å². The molecule has 2 nitrogen and oxygen atoms in total. The summed E-state index contributed by atoms with van der Waals surface area (Å²) in [6, 6.07) is 6.36. The summed E-state index contributed by atoms with van der Waals surface area (Å²) in [5.74, 6) is 0. The molecule has 0 radical (unpaired) electrons. The molecular formula is C14H17BrN2S. The van der Waals surface area contributed by atoms with E-state index < -0.39 is 0 Å². The van der Waals surface area contributed by atoms with Gasteiger partial charge in [-0.05, 0) is 59.1 Å². The second-order valence-electron chi connectivity index (χ2n) is 4.58. The van der Waals surface area contributed by atoms with Crippen molar-refractivity contribution in [1.29, 1.82) is 0 Å². The Hall–Kier alpha value is -1.00. The molecule has 0 aliphatic heterocycles. The van der Waals surface area contributed by atoms with E-state index in [0.29, 0.717) is 0 Å². The summed E-state index contributed by atoms with van der Waals surface area (Å²) in [6.45, 7) is 5.09. The van der Waals surface area contributed by atoms with Crippen LogP contribution in [0.25, 0.3) is 0 Å². The Labute approximate surface area is 121 Å². The van der Waals surface area contributed by atoms with Crippen LogP contribution in [0.2, 0.25) is 0 Å². The van der Waals surface area contributed by atoms with Gasteiger partial charge in [-0.2, -0.15) is 0 Å². The van der Waals surface area contributed by atoms with Crippen LogP contribution in [0.3, 0.4) is 0 Å². The second kappa shape index (κ2) is 5.33. The normalized spacial score (nSPS) is 10.7. The molecule has 0 saturated carbocycles. The topological polar surface area (TPSA) is 29.3 Å². The number of halogens is 1. The SMILES string of the molecule is Cc1cc(N)c(N(C)Cc2cc(Br)cs2)cc1C. The van der Waals surface area contributed by atoms with E-state index in [1.807, 2.05) is 6.07 Å². The van der Waals surface area contributed by atoms with Crippen LogP contribution in [0.1, 0.15) is 16.0 Å². The van der Waals surface area contributed by atoms with Crippen molar-refractivity contribution in [2.75, 3.05) is 17.7 Å². The van der Waals surface area contributed by atoms with Crippen LogP contribution >= 0.6 is 27.3 Å². The highest BCUT2D eigenvalue weighted by atomic mass is 79.9.